The third kappa shape index (κ3) is 2.44. The molecule has 4 atom stereocenters. The van der Waals surface area contributed by atoms with Crippen LogP contribution in [0.3, 0.4) is 0 Å². The number of rotatable bonds is 5. The van der Waals surface area contributed by atoms with E-state index in [1.807, 2.05) is 13.0 Å². The first-order valence-electron chi connectivity index (χ1n) is 8.68. The van der Waals surface area contributed by atoms with Crippen molar-refractivity contribution in [2.24, 2.45) is 11.3 Å². The second-order valence-electron chi connectivity index (χ2n) is 7.47. The van der Waals surface area contributed by atoms with Gasteiger partial charge in [-0.15, -0.1) is 0 Å². The Bertz CT molecular complexity index is 669. The minimum atomic E-state index is -3.23. The van der Waals surface area contributed by atoms with Gasteiger partial charge in [-0.3, -0.25) is 0 Å². The average Bonchev–Trinajstić information content (AvgIpc) is 2.89. The molecule has 0 aromatic heterocycles. The van der Waals surface area contributed by atoms with Gasteiger partial charge in [0.15, 0.2) is 9.84 Å². The summed E-state index contributed by atoms with van der Waals surface area (Å²) in [6, 6.07) is 9.16. The number of sulfone groups is 1. The molecule has 0 bridgehead atoms. The van der Waals surface area contributed by atoms with Crippen LogP contribution in [-0.4, -0.2) is 39.0 Å². The maximum absolute atomic E-state index is 12.5. The van der Waals surface area contributed by atoms with Crippen molar-refractivity contribution in [3.05, 3.63) is 30.3 Å². The van der Waals surface area contributed by atoms with Crippen molar-refractivity contribution in [3.63, 3.8) is 0 Å². The fourth-order valence-corrected chi connectivity index (χ4v) is 6.42. The molecule has 0 radical (unpaired) electrons. The van der Waals surface area contributed by atoms with Gasteiger partial charge in [0, 0.05) is 30.0 Å². The molecule has 1 heterocycles. The fourth-order valence-electron chi connectivity index (χ4n) is 4.90. The number of nitrogens with one attached hydrogen (secondary N) is 1. The third-order valence-corrected chi connectivity index (χ3v) is 8.00. The Morgan fingerprint density at radius 1 is 1.30 bits per heavy atom. The van der Waals surface area contributed by atoms with Crippen LogP contribution < -0.4 is 5.32 Å². The minimum Gasteiger partial charge on any atom is -0.377 e. The summed E-state index contributed by atoms with van der Waals surface area (Å²) in [6.45, 7) is 2.86. The van der Waals surface area contributed by atoms with E-state index < -0.39 is 9.84 Å². The van der Waals surface area contributed by atoms with Crippen LogP contribution in [0, 0.1) is 11.3 Å². The van der Waals surface area contributed by atoms with Crippen LogP contribution in [0.5, 0.6) is 0 Å². The molecule has 3 fully saturated rings. The highest BCUT2D eigenvalue weighted by Crippen LogP contribution is 2.62. The first-order chi connectivity index (χ1) is 11.0. The largest absolute Gasteiger partial charge is 0.377 e. The quantitative estimate of drug-likeness (QED) is 0.898. The summed E-state index contributed by atoms with van der Waals surface area (Å²) >= 11 is 0. The molecular weight excluding hydrogens is 310 g/mol. The summed E-state index contributed by atoms with van der Waals surface area (Å²) in [6.07, 6.45) is 5.27. The van der Waals surface area contributed by atoms with E-state index in [9.17, 15) is 8.42 Å². The van der Waals surface area contributed by atoms with E-state index in [-0.39, 0.29) is 11.8 Å². The lowest BCUT2D eigenvalue weighted by Crippen LogP contribution is -2.72. The van der Waals surface area contributed by atoms with E-state index in [2.05, 4.69) is 5.32 Å². The van der Waals surface area contributed by atoms with Crippen LogP contribution in [0.1, 0.15) is 32.6 Å². The molecule has 1 saturated heterocycles. The van der Waals surface area contributed by atoms with Crippen LogP contribution in [0.25, 0.3) is 0 Å². The van der Waals surface area contributed by atoms with E-state index in [4.69, 9.17) is 4.74 Å². The van der Waals surface area contributed by atoms with E-state index in [1.165, 1.54) is 19.3 Å². The zero-order chi connectivity index (χ0) is 16.1. The number of ether oxygens (including phenoxy) is 1. The van der Waals surface area contributed by atoms with Crippen LogP contribution in [0.4, 0.5) is 0 Å². The van der Waals surface area contributed by atoms with E-state index in [0.717, 1.165) is 13.0 Å². The van der Waals surface area contributed by atoms with E-state index >= 15 is 0 Å². The molecule has 1 aromatic rings. The molecule has 0 amide bonds. The zero-order valence-electron chi connectivity index (χ0n) is 13.6. The van der Waals surface area contributed by atoms with Crippen LogP contribution in [0.2, 0.25) is 0 Å². The van der Waals surface area contributed by atoms with Crippen molar-refractivity contribution in [2.45, 2.75) is 55.7 Å². The van der Waals surface area contributed by atoms with Gasteiger partial charge in [-0.05, 0) is 38.3 Å². The van der Waals surface area contributed by atoms with Gasteiger partial charge in [0.1, 0.15) is 0 Å². The van der Waals surface area contributed by atoms with Gasteiger partial charge >= 0.3 is 0 Å². The molecule has 1 spiro atoms. The zero-order valence-corrected chi connectivity index (χ0v) is 14.4. The normalized spacial score (nSPS) is 32.8. The molecule has 3 aliphatic rings. The minimum absolute atomic E-state index is 0.0377. The van der Waals surface area contributed by atoms with E-state index in [1.54, 1.807) is 24.3 Å². The van der Waals surface area contributed by atoms with Crippen LogP contribution in [0.15, 0.2) is 35.2 Å². The predicted molar refractivity (Wildman–Crippen MR) is 89.0 cm³/mol. The highest BCUT2D eigenvalue weighted by atomic mass is 32.2. The topological polar surface area (TPSA) is 55.4 Å². The molecule has 1 N–H and O–H groups in total. The lowest BCUT2D eigenvalue weighted by atomic mass is 9.46. The number of benzene rings is 1. The second kappa shape index (κ2) is 5.57. The number of hydrogen-bond donors (Lipinski definition) is 1. The van der Waals surface area contributed by atoms with Crippen molar-refractivity contribution >= 4 is 9.84 Å². The van der Waals surface area contributed by atoms with E-state index in [0.29, 0.717) is 28.4 Å². The van der Waals surface area contributed by atoms with Gasteiger partial charge in [-0.25, -0.2) is 8.42 Å². The molecule has 2 aliphatic carbocycles. The molecule has 126 valence electrons. The summed E-state index contributed by atoms with van der Waals surface area (Å²) in [5.74, 6) is 0.735. The Morgan fingerprint density at radius 3 is 2.70 bits per heavy atom. The van der Waals surface area contributed by atoms with Crippen molar-refractivity contribution in [1.29, 1.82) is 0 Å². The standard InChI is InChI=1S/C18H25NO3S/c1-13(12-23(20,21)14-6-3-2-4-7-14)19-16-15-8-11-22-17(15)18(16)9-5-10-18/h2-4,6-7,13,15-17,19H,5,8-12H2,1H3/t13-,15-,16-,17-/m1/s1. The Labute approximate surface area is 138 Å². The maximum Gasteiger partial charge on any atom is 0.179 e. The first kappa shape index (κ1) is 15.6. The first-order valence-corrected chi connectivity index (χ1v) is 10.3. The van der Waals surface area contributed by atoms with Gasteiger partial charge in [-0.2, -0.15) is 0 Å². The average molecular weight is 335 g/mol. The van der Waals surface area contributed by atoms with Gasteiger partial charge in [0.25, 0.3) is 0 Å². The highest BCUT2D eigenvalue weighted by Gasteiger charge is 2.66. The van der Waals surface area contributed by atoms with Crippen molar-refractivity contribution in [1.82, 2.24) is 5.32 Å². The molecule has 5 heteroatoms. The monoisotopic (exact) mass is 335 g/mol. The van der Waals surface area contributed by atoms with Crippen LogP contribution >= 0.6 is 0 Å². The van der Waals surface area contributed by atoms with Crippen molar-refractivity contribution in [2.75, 3.05) is 12.4 Å². The molecule has 1 aliphatic heterocycles. The number of hydrogen-bond acceptors (Lipinski definition) is 4. The molecule has 4 nitrogen and oxygen atoms in total. The fraction of sp³-hybridized carbons (Fsp3) is 0.667. The van der Waals surface area contributed by atoms with Crippen LogP contribution in [-0.2, 0) is 14.6 Å². The lowest BCUT2D eigenvalue weighted by Gasteiger charge is -2.64. The maximum atomic E-state index is 12.5. The molecule has 2 saturated carbocycles. The Morgan fingerprint density at radius 2 is 2.04 bits per heavy atom. The Kier molecular flexibility index (Phi) is 3.78. The molecule has 4 rings (SSSR count). The highest BCUT2D eigenvalue weighted by molar-refractivity contribution is 7.91. The third-order valence-electron chi connectivity index (χ3n) is 6.07. The summed E-state index contributed by atoms with van der Waals surface area (Å²) in [7, 11) is -3.23. The predicted octanol–water partition coefficient (Wildman–Crippen LogP) is 2.40. The summed E-state index contributed by atoms with van der Waals surface area (Å²) < 4.78 is 31.0. The summed E-state index contributed by atoms with van der Waals surface area (Å²) in [4.78, 5) is 0.419. The molecule has 23 heavy (non-hydrogen) atoms. The van der Waals surface area contributed by atoms with Crippen molar-refractivity contribution < 1.29 is 13.2 Å². The second-order valence-corrected chi connectivity index (χ2v) is 9.50. The van der Waals surface area contributed by atoms with Crippen molar-refractivity contribution in [3.8, 4) is 0 Å². The summed E-state index contributed by atoms with van der Waals surface area (Å²) in [5.41, 5.74) is 0.298. The molecule has 1 aromatic carbocycles. The lowest BCUT2D eigenvalue weighted by molar-refractivity contribution is -0.177. The smallest absolute Gasteiger partial charge is 0.179 e. The van der Waals surface area contributed by atoms with Gasteiger partial charge in [0.2, 0.25) is 0 Å². The molecule has 0 unspecified atom stereocenters. The molecular formula is C18H25NO3S. The van der Waals surface area contributed by atoms with Gasteiger partial charge in [-0.1, -0.05) is 24.6 Å². The SMILES string of the molecule is C[C@H](CS(=O)(=O)c1ccccc1)N[C@@H]1[C@H]2CCO[C@H]2C12CCC2. The van der Waals surface area contributed by atoms with Gasteiger partial charge in [0.05, 0.1) is 16.8 Å². The Hall–Kier alpha value is -0.910. The van der Waals surface area contributed by atoms with Gasteiger partial charge < -0.3 is 10.1 Å². The summed E-state index contributed by atoms with van der Waals surface area (Å²) in [5, 5.41) is 3.65. The Balaban J connectivity index is 1.43. The number of fused-ring (bicyclic) bond motifs is 2.